The molecule has 1 heterocycles. The minimum atomic E-state index is -0.540. The molecule has 3 nitrogen and oxygen atoms in total. The number of ether oxygens (including phenoxy) is 2. The first-order valence-corrected chi connectivity index (χ1v) is 7.09. The van der Waals surface area contributed by atoms with Crippen LogP contribution in [0.5, 0.6) is 0 Å². The van der Waals surface area contributed by atoms with Crippen molar-refractivity contribution in [2.24, 2.45) is 0 Å². The second-order valence-electron chi connectivity index (χ2n) is 5.58. The van der Waals surface area contributed by atoms with Crippen molar-refractivity contribution in [2.75, 3.05) is 18.5 Å². The Morgan fingerprint density at radius 3 is 2.45 bits per heavy atom. The lowest BCUT2D eigenvalue weighted by Crippen LogP contribution is -2.39. The van der Waals surface area contributed by atoms with E-state index in [1.54, 1.807) is 6.92 Å². The zero-order valence-electron chi connectivity index (χ0n) is 11.5. The van der Waals surface area contributed by atoms with Gasteiger partial charge >= 0.3 is 0 Å². The van der Waals surface area contributed by atoms with Crippen molar-refractivity contribution in [1.29, 1.82) is 0 Å². The zero-order chi connectivity index (χ0) is 14.2. The molecule has 1 aromatic rings. The van der Waals surface area contributed by atoms with Crippen LogP contribution >= 0.6 is 0 Å². The summed E-state index contributed by atoms with van der Waals surface area (Å²) in [6, 6.07) is 2.81. The number of nitrogens with one attached hydrogen (secondary N) is 1. The average molecular weight is 283 g/mol. The molecule has 1 aliphatic heterocycles. The second kappa shape index (κ2) is 5.30. The van der Waals surface area contributed by atoms with Gasteiger partial charge in [-0.3, -0.25) is 0 Å². The summed E-state index contributed by atoms with van der Waals surface area (Å²) in [5.74, 6) is -1.48. The highest BCUT2D eigenvalue weighted by Crippen LogP contribution is 2.37. The fourth-order valence-electron chi connectivity index (χ4n) is 2.98. The van der Waals surface area contributed by atoms with Crippen LogP contribution in [0.25, 0.3) is 0 Å². The summed E-state index contributed by atoms with van der Waals surface area (Å²) >= 11 is 0. The highest BCUT2D eigenvalue weighted by atomic mass is 19.1. The Balaban J connectivity index is 1.67. The first-order chi connectivity index (χ1) is 9.60. The molecule has 110 valence electrons. The molecule has 1 N–H and O–H groups in total. The van der Waals surface area contributed by atoms with Gasteiger partial charge in [0.2, 0.25) is 0 Å². The molecular formula is C15H19F2NO2. The van der Waals surface area contributed by atoms with Crippen LogP contribution in [-0.4, -0.2) is 25.0 Å². The van der Waals surface area contributed by atoms with Gasteiger partial charge in [0.15, 0.2) is 11.6 Å². The van der Waals surface area contributed by atoms with Crippen LogP contribution in [0.4, 0.5) is 14.5 Å². The molecule has 0 aromatic heterocycles. The molecule has 1 aromatic carbocycles. The summed E-state index contributed by atoms with van der Waals surface area (Å²) in [6.45, 7) is 2.91. The number of rotatable bonds is 2. The van der Waals surface area contributed by atoms with E-state index >= 15 is 0 Å². The molecule has 0 atom stereocenters. The molecular weight excluding hydrogens is 264 g/mol. The monoisotopic (exact) mass is 283 g/mol. The average Bonchev–Trinajstić information content (AvgIpc) is 2.90. The Kier molecular flexibility index (Phi) is 3.65. The molecule has 0 bridgehead atoms. The van der Waals surface area contributed by atoms with Crippen LogP contribution in [0.1, 0.15) is 31.2 Å². The van der Waals surface area contributed by atoms with E-state index in [4.69, 9.17) is 9.47 Å². The quantitative estimate of drug-likeness (QED) is 0.902. The van der Waals surface area contributed by atoms with Crippen molar-refractivity contribution < 1.29 is 18.3 Å². The van der Waals surface area contributed by atoms with Gasteiger partial charge in [0, 0.05) is 18.9 Å². The summed E-state index contributed by atoms with van der Waals surface area (Å²) < 4.78 is 39.0. The summed E-state index contributed by atoms with van der Waals surface area (Å²) in [5, 5.41) is 3.00. The van der Waals surface area contributed by atoms with Gasteiger partial charge in [-0.25, -0.2) is 8.78 Å². The predicted molar refractivity (Wildman–Crippen MR) is 71.6 cm³/mol. The minimum Gasteiger partial charge on any atom is -0.378 e. The number of benzene rings is 1. The molecule has 1 spiro atoms. The first kappa shape index (κ1) is 13.8. The highest BCUT2D eigenvalue weighted by Gasteiger charge is 2.40. The fourth-order valence-corrected chi connectivity index (χ4v) is 2.98. The summed E-state index contributed by atoms with van der Waals surface area (Å²) in [4.78, 5) is 0. The van der Waals surface area contributed by atoms with Crippen LogP contribution in [0.15, 0.2) is 12.1 Å². The van der Waals surface area contributed by atoms with Crippen LogP contribution in [-0.2, 0) is 9.47 Å². The van der Waals surface area contributed by atoms with Gasteiger partial charge in [0.25, 0.3) is 0 Å². The van der Waals surface area contributed by atoms with Crippen LogP contribution in [0, 0.1) is 18.6 Å². The van der Waals surface area contributed by atoms with Gasteiger partial charge in [-0.1, -0.05) is 6.07 Å². The van der Waals surface area contributed by atoms with E-state index in [-0.39, 0.29) is 11.7 Å². The maximum atomic E-state index is 14.0. The summed E-state index contributed by atoms with van der Waals surface area (Å²) in [6.07, 6.45) is 3.10. The third kappa shape index (κ3) is 2.52. The molecule has 2 fully saturated rings. The molecule has 1 aliphatic carbocycles. The lowest BCUT2D eigenvalue weighted by molar-refractivity contribution is -0.177. The van der Waals surface area contributed by atoms with Gasteiger partial charge in [-0.05, 0) is 31.4 Å². The molecule has 3 rings (SSSR count). The van der Waals surface area contributed by atoms with Crippen molar-refractivity contribution in [2.45, 2.75) is 44.4 Å². The first-order valence-electron chi connectivity index (χ1n) is 7.09. The van der Waals surface area contributed by atoms with Crippen molar-refractivity contribution in [3.05, 3.63) is 29.3 Å². The van der Waals surface area contributed by atoms with Gasteiger partial charge in [-0.15, -0.1) is 0 Å². The van der Waals surface area contributed by atoms with E-state index in [9.17, 15) is 8.78 Å². The summed E-state index contributed by atoms with van der Waals surface area (Å²) in [5.41, 5.74) is 0.433. The number of hydrogen-bond acceptors (Lipinski definition) is 3. The highest BCUT2D eigenvalue weighted by molar-refractivity contribution is 5.49. The Morgan fingerprint density at radius 2 is 1.80 bits per heavy atom. The Labute approximate surface area is 117 Å². The van der Waals surface area contributed by atoms with Gasteiger partial charge < -0.3 is 14.8 Å². The minimum absolute atomic E-state index is 0.0146. The van der Waals surface area contributed by atoms with Crippen LogP contribution < -0.4 is 5.32 Å². The number of aryl methyl sites for hydroxylation is 1. The smallest absolute Gasteiger partial charge is 0.168 e. The molecule has 0 amide bonds. The molecule has 0 unspecified atom stereocenters. The Bertz CT molecular complexity index is 491. The van der Waals surface area contributed by atoms with Crippen molar-refractivity contribution in [3.63, 3.8) is 0 Å². The van der Waals surface area contributed by atoms with E-state index in [1.165, 1.54) is 12.1 Å². The number of halogens is 2. The number of hydrogen-bond donors (Lipinski definition) is 1. The Hall–Kier alpha value is -1.20. The molecule has 20 heavy (non-hydrogen) atoms. The molecule has 5 heteroatoms. The number of anilines is 1. The topological polar surface area (TPSA) is 30.5 Å². The van der Waals surface area contributed by atoms with E-state index in [0.29, 0.717) is 18.8 Å². The van der Waals surface area contributed by atoms with E-state index < -0.39 is 17.4 Å². The maximum Gasteiger partial charge on any atom is 0.168 e. The third-order valence-corrected chi connectivity index (χ3v) is 4.19. The molecule has 2 aliphatic rings. The van der Waals surface area contributed by atoms with Crippen LogP contribution in [0.3, 0.4) is 0 Å². The Morgan fingerprint density at radius 1 is 1.15 bits per heavy atom. The third-order valence-electron chi connectivity index (χ3n) is 4.19. The standard InChI is InChI=1S/C15H19F2NO2/c1-10-2-3-12(16)14(13(10)17)18-11-4-6-15(7-5-11)19-8-9-20-15/h2-3,11,18H,4-9H2,1H3. The normalized spacial score (nSPS) is 22.4. The van der Waals surface area contributed by atoms with Gasteiger partial charge in [0.1, 0.15) is 11.5 Å². The van der Waals surface area contributed by atoms with Crippen molar-refractivity contribution >= 4 is 5.69 Å². The zero-order valence-corrected chi connectivity index (χ0v) is 11.5. The largest absolute Gasteiger partial charge is 0.378 e. The fraction of sp³-hybridized carbons (Fsp3) is 0.600. The van der Waals surface area contributed by atoms with Crippen LogP contribution in [0.2, 0.25) is 0 Å². The predicted octanol–water partition coefficient (Wildman–Crippen LogP) is 3.37. The van der Waals surface area contributed by atoms with Crippen molar-refractivity contribution in [1.82, 2.24) is 0 Å². The summed E-state index contributed by atoms with van der Waals surface area (Å²) in [7, 11) is 0. The second-order valence-corrected chi connectivity index (χ2v) is 5.58. The van der Waals surface area contributed by atoms with Crippen molar-refractivity contribution in [3.8, 4) is 0 Å². The lowest BCUT2D eigenvalue weighted by Gasteiger charge is -2.36. The van der Waals surface area contributed by atoms with Gasteiger partial charge in [0.05, 0.1) is 13.2 Å². The molecule has 1 saturated heterocycles. The maximum absolute atomic E-state index is 14.0. The molecule has 1 saturated carbocycles. The van der Waals surface area contributed by atoms with E-state index in [1.807, 2.05) is 0 Å². The molecule has 0 radical (unpaired) electrons. The lowest BCUT2D eigenvalue weighted by atomic mass is 9.90. The SMILES string of the molecule is Cc1ccc(F)c(NC2CCC3(CC2)OCCO3)c1F. The van der Waals surface area contributed by atoms with E-state index in [2.05, 4.69) is 5.32 Å². The van der Waals surface area contributed by atoms with E-state index in [0.717, 1.165) is 25.7 Å². The van der Waals surface area contributed by atoms with Gasteiger partial charge in [-0.2, -0.15) is 0 Å².